The molecule has 1 aromatic carbocycles. The minimum Gasteiger partial charge on any atom is -0.497 e. The second-order valence-electron chi connectivity index (χ2n) is 8.24. The van der Waals surface area contributed by atoms with Gasteiger partial charge in [0.2, 0.25) is 0 Å². The van der Waals surface area contributed by atoms with Gasteiger partial charge in [0.25, 0.3) is 11.8 Å². The van der Waals surface area contributed by atoms with Gasteiger partial charge in [-0.25, -0.2) is 0 Å². The monoisotopic (exact) mass is 378 g/mol. The largest absolute Gasteiger partial charge is 0.497 e. The van der Waals surface area contributed by atoms with Crippen LogP contribution in [0.2, 0.25) is 0 Å². The van der Waals surface area contributed by atoms with Crippen LogP contribution in [0.5, 0.6) is 5.75 Å². The third-order valence-electron chi connectivity index (χ3n) is 3.54. The van der Waals surface area contributed by atoms with E-state index in [0.29, 0.717) is 11.3 Å². The van der Waals surface area contributed by atoms with Crippen molar-refractivity contribution >= 4 is 17.8 Å². The molecule has 0 heterocycles. The van der Waals surface area contributed by atoms with Gasteiger partial charge < -0.3 is 20.1 Å². The van der Waals surface area contributed by atoms with Crippen LogP contribution in [0.25, 0.3) is 0 Å². The van der Waals surface area contributed by atoms with Gasteiger partial charge in [-0.1, -0.05) is 26.8 Å². The number of hydrogen-bond donors (Lipinski definition) is 2. The van der Waals surface area contributed by atoms with E-state index >= 15 is 0 Å². The van der Waals surface area contributed by atoms with Gasteiger partial charge in [-0.05, 0) is 43.9 Å². The van der Waals surface area contributed by atoms with Crippen LogP contribution in [0.4, 0.5) is 0 Å². The number of carbonyl (C=O) groups is 3. The number of amides is 2. The molecule has 0 bridgehead atoms. The van der Waals surface area contributed by atoms with Gasteiger partial charge in [0.1, 0.15) is 12.3 Å². The first-order valence-electron chi connectivity index (χ1n) is 8.81. The Morgan fingerprint density at radius 3 is 2.33 bits per heavy atom. The predicted octanol–water partition coefficient (Wildman–Crippen LogP) is 2.30. The summed E-state index contributed by atoms with van der Waals surface area (Å²) in [6.07, 6.45) is 0.774. The van der Waals surface area contributed by atoms with E-state index in [1.165, 1.54) is 7.11 Å². The van der Waals surface area contributed by atoms with Crippen LogP contribution in [0, 0.1) is 5.41 Å². The smallest absolute Gasteiger partial charge is 0.325 e. The lowest BCUT2D eigenvalue weighted by atomic mass is 9.82. The zero-order valence-corrected chi connectivity index (χ0v) is 17.0. The Kier molecular flexibility index (Phi) is 7.82. The molecule has 0 aliphatic heterocycles. The number of carbonyl (C=O) groups excluding carboxylic acids is 3. The summed E-state index contributed by atoms with van der Waals surface area (Å²) in [6, 6.07) is 6.56. The van der Waals surface area contributed by atoms with Crippen molar-refractivity contribution in [2.45, 2.75) is 46.6 Å². The van der Waals surface area contributed by atoms with E-state index in [-0.39, 0.29) is 24.5 Å². The zero-order valence-electron chi connectivity index (χ0n) is 17.0. The molecule has 0 radical (unpaired) electrons. The molecule has 2 N–H and O–H groups in total. The predicted molar refractivity (Wildman–Crippen MR) is 103 cm³/mol. The van der Waals surface area contributed by atoms with Crippen LogP contribution in [0.15, 0.2) is 24.3 Å². The summed E-state index contributed by atoms with van der Waals surface area (Å²) < 4.78 is 9.97. The summed E-state index contributed by atoms with van der Waals surface area (Å²) >= 11 is 0. The molecular formula is C20H30N2O5. The fourth-order valence-electron chi connectivity index (χ4n) is 3.00. The van der Waals surface area contributed by atoms with E-state index in [1.807, 2.05) is 13.8 Å². The Balaban J connectivity index is 2.40. The Labute approximate surface area is 160 Å². The molecule has 1 aromatic rings. The van der Waals surface area contributed by atoms with Gasteiger partial charge in [-0.3, -0.25) is 14.4 Å². The Morgan fingerprint density at radius 1 is 1.07 bits per heavy atom. The molecule has 7 heteroatoms. The highest BCUT2D eigenvalue weighted by molar-refractivity contribution is 5.96. The van der Waals surface area contributed by atoms with Crippen molar-refractivity contribution in [1.82, 2.24) is 10.6 Å². The summed E-state index contributed by atoms with van der Waals surface area (Å²) in [5.41, 5.74) is 0.00372. The number of benzene rings is 1. The summed E-state index contributed by atoms with van der Waals surface area (Å²) in [5, 5.41) is 5.31. The lowest BCUT2D eigenvalue weighted by molar-refractivity contribution is -0.148. The van der Waals surface area contributed by atoms with Crippen molar-refractivity contribution in [2.24, 2.45) is 5.41 Å². The highest BCUT2D eigenvalue weighted by atomic mass is 16.5. The molecule has 0 aromatic heterocycles. The van der Waals surface area contributed by atoms with Crippen molar-refractivity contribution < 1.29 is 23.9 Å². The quantitative estimate of drug-likeness (QED) is 0.677. The van der Waals surface area contributed by atoms with Crippen LogP contribution in [0.3, 0.4) is 0 Å². The molecular weight excluding hydrogens is 348 g/mol. The number of rotatable bonds is 8. The molecule has 0 unspecified atom stereocenters. The lowest BCUT2D eigenvalue weighted by Crippen LogP contribution is -2.47. The standard InChI is InChI=1S/C20H30N2O5/c1-19(2,3)13-20(4,5)22-16(23)12-27-17(24)11-21-18(25)14-8-7-9-15(10-14)26-6/h7-10H,11-13H2,1-6H3,(H,21,25)(H,22,23). The van der Waals surface area contributed by atoms with Gasteiger partial charge in [0.15, 0.2) is 6.61 Å². The highest BCUT2D eigenvalue weighted by Gasteiger charge is 2.27. The van der Waals surface area contributed by atoms with Crippen molar-refractivity contribution in [1.29, 1.82) is 0 Å². The molecule has 1 rings (SSSR count). The molecule has 0 fully saturated rings. The van der Waals surface area contributed by atoms with E-state index in [1.54, 1.807) is 24.3 Å². The third kappa shape index (κ3) is 9.08. The fourth-order valence-corrected chi connectivity index (χ4v) is 3.00. The molecule has 0 saturated carbocycles. The topological polar surface area (TPSA) is 93.7 Å². The zero-order chi connectivity index (χ0) is 20.7. The first-order valence-corrected chi connectivity index (χ1v) is 8.81. The molecule has 0 spiro atoms. The maximum atomic E-state index is 12.0. The van der Waals surface area contributed by atoms with E-state index in [2.05, 4.69) is 31.4 Å². The Morgan fingerprint density at radius 2 is 1.74 bits per heavy atom. The fraction of sp³-hybridized carbons (Fsp3) is 0.550. The van der Waals surface area contributed by atoms with Gasteiger partial charge >= 0.3 is 5.97 Å². The summed E-state index contributed by atoms with van der Waals surface area (Å²) in [5.74, 6) is -0.951. The Bertz CT molecular complexity index is 677. The van der Waals surface area contributed by atoms with Gasteiger partial charge in [0, 0.05) is 11.1 Å². The molecule has 0 aliphatic rings. The molecule has 7 nitrogen and oxygen atoms in total. The van der Waals surface area contributed by atoms with Crippen LogP contribution in [-0.2, 0) is 14.3 Å². The van der Waals surface area contributed by atoms with Crippen molar-refractivity contribution in [3.63, 3.8) is 0 Å². The van der Waals surface area contributed by atoms with Crippen LogP contribution in [0.1, 0.15) is 51.4 Å². The first kappa shape index (κ1) is 22.5. The molecule has 0 saturated heterocycles. The minimum atomic E-state index is -0.685. The molecule has 0 aliphatic carbocycles. The second-order valence-corrected chi connectivity index (χ2v) is 8.24. The number of hydrogen-bond acceptors (Lipinski definition) is 5. The third-order valence-corrected chi connectivity index (χ3v) is 3.54. The SMILES string of the molecule is COc1cccc(C(=O)NCC(=O)OCC(=O)NC(C)(C)CC(C)(C)C)c1. The number of esters is 1. The van der Waals surface area contributed by atoms with Crippen molar-refractivity contribution in [3.8, 4) is 5.75 Å². The van der Waals surface area contributed by atoms with Crippen LogP contribution in [-0.4, -0.2) is 43.6 Å². The van der Waals surface area contributed by atoms with Gasteiger partial charge in [-0.2, -0.15) is 0 Å². The summed E-state index contributed by atoms with van der Waals surface area (Å²) in [7, 11) is 1.50. The highest BCUT2D eigenvalue weighted by Crippen LogP contribution is 2.26. The minimum absolute atomic E-state index is 0.0534. The average Bonchev–Trinajstić information content (AvgIpc) is 2.55. The number of ether oxygens (including phenoxy) is 2. The van der Waals surface area contributed by atoms with Gasteiger partial charge in [-0.15, -0.1) is 0 Å². The normalized spacial score (nSPS) is 11.5. The van der Waals surface area contributed by atoms with Crippen molar-refractivity contribution in [2.75, 3.05) is 20.3 Å². The van der Waals surface area contributed by atoms with E-state index in [9.17, 15) is 14.4 Å². The summed E-state index contributed by atoms with van der Waals surface area (Å²) in [6.45, 7) is 9.40. The maximum absolute atomic E-state index is 12.0. The van der Waals surface area contributed by atoms with E-state index in [0.717, 1.165) is 6.42 Å². The van der Waals surface area contributed by atoms with Gasteiger partial charge in [0.05, 0.1) is 7.11 Å². The Hall–Kier alpha value is -2.57. The maximum Gasteiger partial charge on any atom is 0.325 e. The lowest BCUT2D eigenvalue weighted by Gasteiger charge is -2.33. The summed E-state index contributed by atoms with van der Waals surface area (Å²) in [4.78, 5) is 35.8. The van der Waals surface area contributed by atoms with Crippen LogP contribution < -0.4 is 15.4 Å². The second kappa shape index (κ2) is 9.39. The molecule has 150 valence electrons. The molecule has 27 heavy (non-hydrogen) atoms. The first-order chi connectivity index (χ1) is 12.4. The van der Waals surface area contributed by atoms with E-state index in [4.69, 9.17) is 9.47 Å². The molecule has 2 amide bonds. The molecule has 0 atom stereocenters. The number of nitrogens with one attached hydrogen (secondary N) is 2. The average molecular weight is 378 g/mol. The van der Waals surface area contributed by atoms with Crippen LogP contribution >= 0.6 is 0 Å². The van der Waals surface area contributed by atoms with E-state index < -0.39 is 17.4 Å². The van der Waals surface area contributed by atoms with Crippen molar-refractivity contribution in [3.05, 3.63) is 29.8 Å². The number of methoxy groups -OCH3 is 1.